The van der Waals surface area contributed by atoms with Gasteiger partial charge >= 0.3 is 0 Å². The van der Waals surface area contributed by atoms with Crippen LogP contribution in [0.25, 0.3) is 10.9 Å². The Morgan fingerprint density at radius 1 is 1.03 bits per heavy atom. The predicted octanol–water partition coefficient (Wildman–Crippen LogP) is 5.45. The van der Waals surface area contributed by atoms with E-state index >= 15 is 0 Å². The Morgan fingerprint density at radius 3 is 2.61 bits per heavy atom. The van der Waals surface area contributed by atoms with Crippen molar-refractivity contribution in [2.24, 2.45) is 5.41 Å². The minimum Gasteiger partial charge on any atom is -0.497 e. The molecule has 0 bridgehead atoms. The number of hydrogen-bond donors (Lipinski definition) is 1. The molecule has 158 valence electrons. The van der Waals surface area contributed by atoms with Crippen molar-refractivity contribution in [3.05, 3.63) is 71.1 Å². The van der Waals surface area contributed by atoms with Crippen LogP contribution in [0.1, 0.15) is 43.7 Å². The van der Waals surface area contributed by atoms with Gasteiger partial charge in [0.2, 0.25) is 0 Å². The molecule has 2 aromatic carbocycles. The fourth-order valence-corrected chi connectivity index (χ4v) is 5.02. The fourth-order valence-electron chi connectivity index (χ4n) is 5.02. The number of methoxy groups -OCH3 is 2. The maximum Gasteiger partial charge on any atom is 0.162 e. The Bertz CT molecular complexity index is 1240. The summed E-state index contributed by atoms with van der Waals surface area (Å²) in [7, 11) is 3.30. The van der Waals surface area contributed by atoms with Crippen LogP contribution in [0.4, 0.5) is 5.69 Å². The third-order valence-corrected chi connectivity index (χ3v) is 6.36. The number of ketones is 1. The SMILES string of the molecule is COc1ccc(C2C3=C(CC(C)(C)CC3=O)Nc3c2ccc2ncccc32)c(OC)c1. The first kappa shape index (κ1) is 19.6. The molecule has 31 heavy (non-hydrogen) atoms. The first-order chi connectivity index (χ1) is 14.9. The minimum atomic E-state index is -0.208. The van der Waals surface area contributed by atoms with E-state index in [4.69, 9.17) is 9.47 Å². The number of nitrogens with one attached hydrogen (secondary N) is 1. The molecule has 1 unspecified atom stereocenters. The number of carbonyl (C=O) groups is 1. The second-order valence-electron chi connectivity index (χ2n) is 9.10. The summed E-state index contributed by atoms with van der Waals surface area (Å²) in [5, 5.41) is 4.70. The van der Waals surface area contributed by atoms with Crippen LogP contribution in [-0.2, 0) is 4.79 Å². The van der Waals surface area contributed by atoms with Gasteiger partial charge in [-0.15, -0.1) is 0 Å². The van der Waals surface area contributed by atoms with Crippen LogP contribution in [0.2, 0.25) is 0 Å². The number of rotatable bonds is 3. The molecule has 2 aliphatic rings. The van der Waals surface area contributed by atoms with Crippen molar-refractivity contribution in [3.8, 4) is 11.5 Å². The highest BCUT2D eigenvalue weighted by Gasteiger charge is 2.41. The van der Waals surface area contributed by atoms with Crippen LogP contribution in [-0.4, -0.2) is 25.0 Å². The van der Waals surface area contributed by atoms with Crippen LogP contribution in [0.5, 0.6) is 11.5 Å². The van der Waals surface area contributed by atoms with E-state index in [1.807, 2.05) is 30.3 Å². The Kier molecular flexibility index (Phi) is 4.50. The zero-order chi connectivity index (χ0) is 21.8. The van der Waals surface area contributed by atoms with Gasteiger partial charge in [-0.1, -0.05) is 26.0 Å². The van der Waals surface area contributed by atoms with Crippen LogP contribution < -0.4 is 14.8 Å². The zero-order valence-corrected chi connectivity index (χ0v) is 18.3. The van der Waals surface area contributed by atoms with E-state index in [0.717, 1.165) is 51.2 Å². The number of carbonyl (C=O) groups excluding carboxylic acids is 1. The smallest absolute Gasteiger partial charge is 0.162 e. The van der Waals surface area contributed by atoms with Crippen LogP contribution >= 0.6 is 0 Å². The molecular formula is C26H26N2O3. The lowest BCUT2D eigenvalue weighted by Gasteiger charge is -2.40. The standard InChI is InChI=1S/C26H26N2O3/c1-26(2)13-20-24(21(29)14-26)23(17-8-7-15(30-3)12-22(17)31-4)18-9-10-19-16(25(18)28-20)6-5-11-27-19/h5-12,23,28H,13-14H2,1-4H3. The van der Waals surface area contributed by atoms with Crippen molar-refractivity contribution in [3.63, 3.8) is 0 Å². The highest BCUT2D eigenvalue weighted by Crippen LogP contribution is 2.52. The van der Waals surface area contributed by atoms with Gasteiger partial charge in [-0.3, -0.25) is 9.78 Å². The molecule has 0 saturated heterocycles. The second kappa shape index (κ2) is 7.12. The van der Waals surface area contributed by atoms with Gasteiger partial charge in [-0.25, -0.2) is 0 Å². The molecule has 0 fully saturated rings. The Hall–Kier alpha value is -3.34. The number of aromatic nitrogens is 1. The number of hydrogen-bond acceptors (Lipinski definition) is 5. The van der Waals surface area contributed by atoms with Gasteiger partial charge in [-0.2, -0.15) is 0 Å². The molecule has 0 radical (unpaired) electrons. The zero-order valence-electron chi connectivity index (χ0n) is 18.3. The van der Waals surface area contributed by atoms with Gasteiger partial charge < -0.3 is 14.8 Å². The first-order valence-corrected chi connectivity index (χ1v) is 10.5. The van der Waals surface area contributed by atoms with Crippen LogP contribution in [0.3, 0.4) is 0 Å². The van der Waals surface area contributed by atoms with E-state index in [0.29, 0.717) is 12.2 Å². The normalized spacial score (nSPS) is 19.5. The molecule has 1 atom stereocenters. The summed E-state index contributed by atoms with van der Waals surface area (Å²) in [6, 6.07) is 14.0. The van der Waals surface area contributed by atoms with Crippen molar-refractivity contribution in [1.82, 2.24) is 4.98 Å². The average molecular weight is 415 g/mol. The van der Waals surface area contributed by atoms with Gasteiger partial charge in [-0.05, 0) is 41.7 Å². The van der Waals surface area contributed by atoms with E-state index in [9.17, 15) is 4.79 Å². The molecule has 5 heteroatoms. The van der Waals surface area contributed by atoms with Crippen molar-refractivity contribution >= 4 is 22.4 Å². The molecule has 5 rings (SSSR count). The maximum atomic E-state index is 13.4. The molecule has 0 spiro atoms. The number of ether oxygens (including phenoxy) is 2. The molecule has 3 aromatic rings. The van der Waals surface area contributed by atoms with Gasteiger partial charge in [0.15, 0.2) is 5.78 Å². The van der Waals surface area contributed by atoms with Crippen LogP contribution in [0, 0.1) is 5.41 Å². The third kappa shape index (κ3) is 3.16. The molecule has 5 nitrogen and oxygen atoms in total. The van der Waals surface area contributed by atoms with E-state index in [2.05, 4.69) is 36.3 Å². The lowest BCUT2D eigenvalue weighted by Crippen LogP contribution is -2.34. The molecule has 1 aliphatic carbocycles. The monoisotopic (exact) mass is 414 g/mol. The summed E-state index contributed by atoms with van der Waals surface area (Å²) in [5.41, 5.74) is 5.76. The first-order valence-electron chi connectivity index (χ1n) is 10.5. The second-order valence-corrected chi connectivity index (χ2v) is 9.10. The van der Waals surface area contributed by atoms with E-state index in [-0.39, 0.29) is 17.1 Å². The summed E-state index contributed by atoms with van der Waals surface area (Å²) < 4.78 is 11.2. The lowest BCUT2D eigenvalue weighted by molar-refractivity contribution is -0.118. The number of benzene rings is 2. The number of anilines is 1. The largest absolute Gasteiger partial charge is 0.497 e. The number of pyridine rings is 1. The number of Topliss-reactive ketones (excluding diaryl/α,β-unsaturated/α-hetero) is 1. The van der Waals surface area contributed by atoms with Gasteiger partial charge in [0.05, 0.1) is 25.4 Å². The van der Waals surface area contributed by atoms with Gasteiger partial charge in [0.1, 0.15) is 11.5 Å². The van der Waals surface area contributed by atoms with Crippen molar-refractivity contribution < 1.29 is 14.3 Å². The van der Waals surface area contributed by atoms with E-state index in [1.54, 1.807) is 20.4 Å². The summed E-state index contributed by atoms with van der Waals surface area (Å²) in [4.78, 5) is 18.0. The van der Waals surface area contributed by atoms with Crippen molar-refractivity contribution in [2.75, 3.05) is 19.5 Å². The number of fused-ring (bicyclic) bond motifs is 3. The molecule has 1 N–H and O–H groups in total. The highest BCUT2D eigenvalue weighted by atomic mass is 16.5. The summed E-state index contributed by atoms with van der Waals surface area (Å²) in [6.45, 7) is 4.30. The lowest BCUT2D eigenvalue weighted by atomic mass is 9.68. The van der Waals surface area contributed by atoms with Crippen LogP contribution in [0.15, 0.2) is 59.9 Å². The quantitative estimate of drug-likeness (QED) is 0.617. The highest BCUT2D eigenvalue weighted by molar-refractivity contribution is 6.04. The molecule has 1 aliphatic heterocycles. The number of nitrogens with zero attached hydrogens (tertiary/aromatic N) is 1. The predicted molar refractivity (Wildman–Crippen MR) is 122 cm³/mol. The maximum absolute atomic E-state index is 13.4. The van der Waals surface area contributed by atoms with Crippen molar-refractivity contribution in [1.29, 1.82) is 0 Å². The van der Waals surface area contributed by atoms with Gasteiger partial charge in [0, 0.05) is 46.8 Å². The molecule has 0 amide bonds. The van der Waals surface area contributed by atoms with E-state index in [1.165, 1.54) is 0 Å². The number of allylic oxidation sites excluding steroid dienone is 2. The molecule has 1 aromatic heterocycles. The Labute approximate surface area is 182 Å². The Morgan fingerprint density at radius 2 is 1.84 bits per heavy atom. The average Bonchev–Trinajstić information content (AvgIpc) is 2.76. The topological polar surface area (TPSA) is 60.5 Å². The molecular weight excluding hydrogens is 388 g/mol. The molecule has 2 heterocycles. The summed E-state index contributed by atoms with van der Waals surface area (Å²) >= 11 is 0. The minimum absolute atomic E-state index is 0.0855. The van der Waals surface area contributed by atoms with Gasteiger partial charge in [0.25, 0.3) is 0 Å². The third-order valence-electron chi connectivity index (χ3n) is 6.36. The summed E-state index contributed by atoms with van der Waals surface area (Å²) in [6.07, 6.45) is 3.16. The Balaban J connectivity index is 1.80. The fraction of sp³-hybridized carbons (Fsp3) is 0.308. The molecule has 0 saturated carbocycles. The van der Waals surface area contributed by atoms with E-state index < -0.39 is 0 Å². The summed E-state index contributed by atoms with van der Waals surface area (Å²) in [5.74, 6) is 1.43. The van der Waals surface area contributed by atoms with Crippen molar-refractivity contribution in [2.45, 2.75) is 32.6 Å².